The number of fused-ring (bicyclic) bond motifs is 1. The lowest BCUT2D eigenvalue weighted by Crippen LogP contribution is -2.36. The van der Waals surface area contributed by atoms with Crippen molar-refractivity contribution in [2.45, 2.75) is 19.8 Å². The van der Waals surface area contributed by atoms with Crippen molar-refractivity contribution in [1.82, 2.24) is 10.6 Å². The first-order chi connectivity index (χ1) is 9.69. The molecule has 3 N–H and O–H groups in total. The third-order valence-electron chi connectivity index (χ3n) is 2.68. The molecule has 1 aromatic rings. The summed E-state index contributed by atoms with van der Waals surface area (Å²) in [7, 11) is 0. The summed E-state index contributed by atoms with van der Waals surface area (Å²) in [6, 6.07) is 4.46. The Balaban J connectivity index is 1.78. The maximum atomic E-state index is 11.3. The second kappa shape index (κ2) is 6.70. The predicted molar refractivity (Wildman–Crippen MR) is 73.8 cm³/mol. The van der Waals surface area contributed by atoms with Gasteiger partial charge in [-0.1, -0.05) is 6.92 Å². The summed E-state index contributed by atoms with van der Waals surface area (Å²) in [6.07, 6.45) is 2.91. The fourth-order valence-electron chi connectivity index (χ4n) is 1.68. The number of phenols is 1. The van der Waals surface area contributed by atoms with Crippen LogP contribution < -0.4 is 20.1 Å². The number of carbonyl (C=O) groups excluding carboxylic acids is 1. The number of hydrogen-bond acceptors (Lipinski definition) is 4. The molecule has 1 aromatic carbocycles. The van der Waals surface area contributed by atoms with Crippen LogP contribution in [-0.2, 0) is 0 Å². The molecule has 0 saturated heterocycles. The number of carbonyl (C=O) groups is 1. The fourth-order valence-corrected chi connectivity index (χ4v) is 1.68. The predicted octanol–water partition coefficient (Wildman–Crippen LogP) is 2.10. The second-order valence-electron chi connectivity index (χ2n) is 4.37. The molecule has 6 heteroatoms. The minimum absolute atomic E-state index is 0.116. The SMILES string of the molecule is CCCNC(=O)NCCC1=COc2ccc(O)cc2O1. The van der Waals surface area contributed by atoms with Crippen LogP contribution in [0.2, 0.25) is 0 Å². The Kier molecular flexibility index (Phi) is 4.70. The molecule has 1 heterocycles. The average Bonchev–Trinajstić information content (AvgIpc) is 2.44. The van der Waals surface area contributed by atoms with E-state index in [0.717, 1.165) is 6.42 Å². The zero-order valence-electron chi connectivity index (χ0n) is 11.3. The molecular weight excluding hydrogens is 260 g/mol. The number of hydrogen-bond donors (Lipinski definition) is 3. The van der Waals surface area contributed by atoms with Crippen molar-refractivity contribution in [3.05, 3.63) is 30.2 Å². The average molecular weight is 278 g/mol. The first-order valence-corrected chi connectivity index (χ1v) is 6.57. The first-order valence-electron chi connectivity index (χ1n) is 6.57. The molecule has 0 fully saturated rings. The summed E-state index contributed by atoms with van der Waals surface area (Å²) in [5, 5.41) is 14.8. The Morgan fingerprint density at radius 3 is 2.85 bits per heavy atom. The normalized spacial score (nSPS) is 12.6. The molecule has 2 rings (SSSR count). The number of rotatable bonds is 5. The molecule has 0 aliphatic carbocycles. The van der Waals surface area contributed by atoms with Gasteiger partial charge in [-0.25, -0.2) is 4.79 Å². The highest BCUT2D eigenvalue weighted by atomic mass is 16.6. The van der Waals surface area contributed by atoms with E-state index in [4.69, 9.17) is 9.47 Å². The highest BCUT2D eigenvalue weighted by molar-refractivity contribution is 5.73. The number of amides is 2. The maximum absolute atomic E-state index is 11.3. The van der Waals surface area contributed by atoms with Gasteiger partial charge in [0.1, 0.15) is 17.8 Å². The molecule has 0 atom stereocenters. The molecule has 0 aromatic heterocycles. The van der Waals surface area contributed by atoms with E-state index in [0.29, 0.717) is 36.8 Å². The van der Waals surface area contributed by atoms with Crippen molar-refractivity contribution >= 4 is 6.03 Å². The highest BCUT2D eigenvalue weighted by Crippen LogP contribution is 2.35. The Hall–Kier alpha value is -2.37. The van der Waals surface area contributed by atoms with Gasteiger partial charge < -0.3 is 25.2 Å². The zero-order chi connectivity index (χ0) is 14.4. The van der Waals surface area contributed by atoms with Crippen LogP contribution in [0.1, 0.15) is 19.8 Å². The first kappa shape index (κ1) is 14.0. The quantitative estimate of drug-likeness (QED) is 0.770. The van der Waals surface area contributed by atoms with Gasteiger partial charge >= 0.3 is 6.03 Å². The lowest BCUT2D eigenvalue weighted by molar-refractivity contribution is 0.240. The Morgan fingerprint density at radius 1 is 1.25 bits per heavy atom. The molecule has 108 valence electrons. The standard InChI is InChI=1S/C14H18N2O4/c1-2-6-15-14(18)16-7-5-11-9-19-12-4-3-10(17)8-13(12)20-11/h3-4,8-9,17H,2,5-7H2,1H3,(H2,15,16,18). The molecule has 0 radical (unpaired) electrons. The van der Waals surface area contributed by atoms with E-state index in [1.54, 1.807) is 6.07 Å². The van der Waals surface area contributed by atoms with Crippen molar-refractivity contribution in [3.63, 3.8) is 0 Å². The molecule has 2 amide bonds. The van der Waals surface area contributed by atoms with Crippen LogP contribution in [-0.4, -0.2) is 24.2 Å². The van der Waals surface area contributed by atoms with E-state index in [-0.39, 0.29) is 11.8 Å². The van der Waals surface area contributed by atoms with Crippen LogP contribution >= 0.6 is 0 Å². The summed E-state index contributed by atoms with van der Waals surface area (Å²) in [5.41, 5.74) is 0. The molecule has 1 aliphatic heterocycles. The summed E-state index contributed by atoms with van der Waals surface area (Å²) in [6.45, 7) is 3.09. The van der Waals surface area contributed by atoms with Crippen LogP contribution in [0.4, 0.5) is 4.79 Å². The molecule has 0 unspecified atom stereocenters. The minimum atomic E-state index is -0.192. The number of benzene rings is 1. The van der Waals surface area contributed by atoms with E-state index in [1.165, 1.54) is 18.4 Å². The van der Waals surface area contributed by atoms with E-state index in [9.17, 15) is 9.90 Å². The Bertz CT molecular complexity index is 514. The van der Waals surface area contributed by atoms with Crippen molar-refractivity contribution in [3.8, 4) is 17.2 Å². The zero-order valence-corrected chi connectivity index (χ0v) is 11.3. The molecule has 0 saturated carbocycles. The molecular formula is C14H18N2O4. The third-order valence-corrected chi connectivity index (χ3v) is 2.68. The van der Waals surface area contributed by atoms with Crippen molar-refractivity contribution in [2.24, 2.45) is 0 Å². The number of phenolic OH excluding ortho intramolecular Hbond substituents is 1. The van der Waals surface area contributed by atoms with Gasteiger partial charge in [-0.15, -0.1) is 0 Å². The van der Waals surface area contributed by atoms with Gasteiger partial charge in [-0.3, -0.25) is 0 Å². The summed E-state index contributed by atoms with van der Waals surface area (Å²) >= 11 is 0. The van der Waals surface area contributed by atoms with Crippen molar-refractivity contribution in [1.29, 1.82) is 0 Å². The number of urea groups is 1. The summed E-state index contributed by atoms with van der Waals surface area (Å²) in [4.78, 5) is 11.3. The Labute approximate surface area is 117 Å². The van der Waals surface area contributed by atoms with E-state index >= 15 is 0 Å². The van der Waals surface area contributed by atoms with Crippen molar-refractivity contribution < 1.29 is 19.4 Å². The van der Waals surface area contributed by atoms with Gasteiger partial charge in [-0.2, -0.15) is 0 Å². The van der Waals surface area contributed by atoms with Gasteiger partial charge in [0.2, 0.25) is 0 Å². The maximum Gasteiger partial charge on any atom is 0.314 e. The summed E-state index contributed by atoms with van der Waals surface area (Å²) in [5.74, 6) is 1.74. The van der Waals surface area contributed by atoms with Crippen molar-refractivity contribution in [2.75, 3.05) is 13.1 Å². The lowest BCUT2D eigenvalue weighted by Gasteiger charge is -2.18. The number of nitrogens with one attached hydrogen (secondary N) is 2. The lowest BCUT2D eigenvalue weighted by atomic mass is 10.2. The monoisotopic (exact) mass is 278 g/mol. The van der Waals surface area contributed by atoms with Crippen LogP contribution in [0.3, 0.4) is 0 Å². The van der Waals surface area contributed by atoms with Crippen LogP contribution in [0, 0.1) is 0 Å². The van der Waals surface area contributed by atoms with Crippen LogP contribution in [0.15, 0.2) is 30.2 Å². The largest absolute Gasteiger partial charge is 0.508 e. The van der Waals surface area contributed by atoms with Gasteiger partial charge in [0.15, 0.2) is 11.5 Å². The van der Waals surface area contributed by atoms with Gasteiger partial charge in [-0.05, 0) is 18.6 Å². The minimum Gasteiger partial charge on any atom is -0.508 e. The fraction of sp³-hybridized carbons (Fsp3) is 0.357. The number of ether oxygens (including phenoxy) is 2. The molecule has 20 heavy (non-hydrogen) atoms. The van der Waals surface area contributed by atoms with Crippen LogP contribution in [0.25, 0.3) is 0 Å². The molecule has 1 aliphatic rings. The van der Waals surface area contributed by atoms with E-state index in [2.05, 4.69) is 10.6 Å². The van der Waals surface area contributed by atoms with E-state index < -0.39 is 0 Å². The Morgan fingerprint density at radius 2 is 2.05 bits per heavy atom. The molecule has 0 bridgehead atoms. The topological polar surface area (TPSA) is 79.8 Å². The van der Waals surface area contributed by atoms with Crippen LogP contribution in [0.5, 0.6) is 17.2 Å². The van der Waals surface area contributed by atoms with Gasteiger partial charge in [0, 0.05) is 25.6 Å². The highest BCUT2D eigenvalue weighted by Gasteiger charge is 2.14. The van der Waals surface area contributed by atoms with E-state index in [1.807, 2.05) is 6.92 Å². The third kappa shape index (κ3) is 3.81. The smallest absolute Gasteiger partial charge is 0.314 e. The van der Waals surface area contributed by atoms with Gasteiger partial charge in [0.25, 0.3) is 0 Å². The second-order valence-corrected chi connectivity index (χ2v) is 4.37. The molecule has 6 nitrogen and oxygen atoms in total. The summed E-state index contributed by atoms with van der Waals surface area (Å²) < 4.78 is 11.0. The van der Waals surface area contributed by atoms with Gasteiger partial charge in [0.05, 0.1) is 0 Å². The number of aromatic hydroxyl groups is 1. The molecule has 0 spiro atoms.